The van der Waals surface area contributed by atoms with Gasteiger partial charge in [0.05, 0.1) is 32.4 Å². The highest BCUT2D eigenvalue weighted by Gasteiger charge is 2.23. The van der Waals surface area contributed by atoms with E-state index in [0.29, 0.717) is 31.8 Å². The van der Waals surface area contributed by atoms with Crippen LogP contribution in [0.3, 0.4) is 0 Å². The highest BCUT2D eigenvalue weighted by molar-refractivity contribution is 5.86. The molecule has 1 aromatic carbocycles. The Morgan fingerprint density at radius 3 is 2.34 bits per heavy atom. The van der Waals surface area contributed by atoms with Crippen molar-refractivity contribution in [1.82, 2.24) is 9.80 Å². The topological polar surface area (TPSA) is 80.1 Å². The Morgan fingerprint density at radius 2 is 1.72 bits per heavy atom. The minimum Gasteiger partial charge on any atom is -0.467 e. The Morgan fingerprint density at radius 1 is 0.969 bits per heavy atom. The minimum atomic E-state index is -0.404. The van der Waals surface area contributed by atoms with Gasteiger partial charge < -0.3 is 19.0 Å². The van der Waals surface area contributed by atoms with E-state index < -0.39 is 5.97 Å². The third-order valence-electron chi connectivity index (χ3n) is 4.91. The van der Waals surface area contributed by atoms with Crippen LogP contribution in [0.5, 0.6) is 0 Å². The summed E-state index contributed by atoms with van der Waals surface area (Å²) in [5.41, 5.74) is 1.13. The van der Waals surface area contributed by atoms with E-state index in [1.807, 2.05) is 50.2 Å². The maximum absolute atomic E-state index is 13.2. The normalized spacial score (nSPS) is 10.8. The second kappa shape index (κ2) is 13.3. The highest BCUT2D eigenvalue weighted by atomic mass is 16.5. The highest BCUT2D eigenvalue weighted by Crippen LogP contribution is 2.11. The van der Waals surface area contributed by atoms with Crippen molar-refractivity contribution in [2.24, 2.45) is 5.92 Å². The number of esters is 1. The van der Waals surface area contributed by atoms with Crippen molar-refractivity contribution >= 4 is 17.8 Å². The number of nitrogens with zero attached hydrogens (tertiary/aromatic N) is 2. The van der Waals surface area contributed by atoms with Gasteiger partial charge in [0.25, 0.3) is 0 Å². The molecule has 1 aromatic heterocycles. The van der Waals surface area contributed by atoms with Gasteiger partial charge in [0.1, 0.15) is 5.76 Å². The van der Waals surface area contributed by atoms with E-state index >= 15 is 0 Å². The van der Waals surface area contributed by atoms with E-state index in [0.717, 1.165) is 5.56 Å². The Hall–Kier alpha value is -3.09. The van der Waals surface area contributed by atoms with Gasteiger partial charge in [-0.05, 0) is 37.0 Å². The summed E-state index contributed by atoms with van der Waals surface area (Å²) in [6.07, 6.45) is 2.33. The van der Waals surface area contributed by atoms with E-state index in [-0.39, 0.29) is 43.7 Å². The van der Waals surface area contributed by atoms with Crippen LogP contribution in [-0.4, -0.2) is 53.8 Å². The van der Waals surface area contributed by atoms with Gasteiger partial charge in [-0.2, -0.15) is 0 Å². The molecule has 0 saturated carbocycles. The quantitative estimate of drug-likeness (QED) is 0.442. The Balaban J connectivity index is 2.05. The van der Waals surface area contributed by atoms with Crippen molar-refractivity contribution in [3.8, 4) is 0 Å². The fourth-order valence-electron chi connectivity index (χ4n) is 3.35. The molecule has 0 spiro atoms. The molecule has 32 heavy (non-hydrogen) atoms. The number of furan rings is 1. The van der Waals surface area contributed by atoms with Crippen molar-refractivity contribution in [2.75, 3.05) is 26.2 Å². The Kier molecular flexibility index (Phi) is 10.5. The number of benzene rings is 1. The first-order valence-corrected chi connectivity index (χ1v) is 11.2. The van der Waals surface area contributed by atoms with Gasteiger partial charge in [0, 0.05) is 19.5 Å². The zero-order valence-corrected chi connectivity index (χ0v) is 19.3. The van der Waals surface area contributed by atoms with Crippen molar-refractivity contribution in [2.45, 2.75) is 46.6 Å². The van der Waals surface area contributed by atoms with Gasteiger partial charge in [0.15, 0.2) is 0 Å². The van der Waals surface area contributed by atoms with Crippen LogP contribution in [0.25, 0.3) is 0 Å². The molecule has 0 N–H and O–H groups in total. The van der Waals surface area contributed by atoms with E-state index in [2.05, 4.69) is 0 Å². The van der Waals surface area contributed by atoms with E-state index in [9.17, 15) is 14.4 Å². The van der Waals surface area contributed by atoms with Crippen LogP contribution in [0.2, 0.25) is 0 Å². The summed E-state index contributed by atoms with van der Waals surface area (Å²) in [7, 11) is 0. The molecule has 7 heteroatoms. The first kappa shape index (κ1) is 25.2. The molecule has 2 amide bonds. The lowest BCUT2D eigenvalue weighted by molar-refractivity contribution is -0.146. The number of ether oxygens (including phenoxy) is 1. The summed E-state index contributed by atoms with van der Waals surface area (Å²) in [5, 5.41) is 0. The van der Waals surface area contributed by atoms with Crippen LogP contribution in [0, 0.1) is 5.92 Å². The first-order valence-electron chi connectivity index (χ1n) is 11.2. The summed E-state index contributed by atoms with van der Waals surface area (Å²) in [5.74, 6) is 0.107. The molecule has 174 valence electrons. The molecule has 2 rings (SSSR count). The fourth-order valence-corrected chi connectivity index (χ4v) is 3.35. The third kappa shape index (κ3) is 8.96. The van der Waals surface area contributed by atoms with Gasteiger partial charge in [-0.3, -0.25) is 14.4 Å². The summed E-state index contributed by atoms with van der Waals surface area (Å²) in [6, 6.07) is 13.6. The average molecular weight is 443 g/mol. The molecule has 0 aliphatic rings. The Labute approximate surface area is 190 Å². The number of amides is 2. The number of hydrogen-bond donors (Lipinski definition) is 0. The lowest BCUT2D eigenvalue weighted by atomic mass is 10.1. The molecule has 0 aliphatic heterocycles. The molecule has 2 aromatic rings. The zero-order chi connectivity index (χ0) is 23.3. The lowest BCUT2D eigenvalue weighted by Gasteiger charge is -2.28. The minimum absolute atomic E-state index is 0.0135. The predicted octanol–water partition coefficient (Wildman–Crippen LogP) is 3.68. The largest absolute Gasteiger partial charge is 0.467 e. The molecule has 0 radical (unpaired) electrons. The van der Waals surface area contributed by atoms with Crippen molar-refractivity contribution in [3.63, 3.8) is 0 Å². The van der Waals surface area contributed by atoms with E-state index in [1.165, 1.54) is 0 Å². The molecular weight excluding hydrogens is 408 g/mol. The summed E-state index contributed by atoms with van der Waals surface area (Å²) in [4.78, 5) is 40.9. The van der Waals surface area contributed by atoms with Crippen LogP contribution < -0.4 is 0 Å². The SMILES string of the molecule is CCOC(=O)CCC(=O)N(CC(=O)N(CCc1ccccc1)Cc1ccco1)CC(C)C. The molecule has 0 fully saturated rings. The summed E-state index contributed by atoms with van der Waals surface area (Å²) in [6.45, 7) is 7.26. The smallest absolute Gasteiger partial charge is 0.306 e. The molecule has 0 aliphatic carbocycles. The van der Waals surface area contributed by atoms with Crippen LogP contribution in [-0.2, 0) is 32.1 Å². The molecule has 7 nitrogen and oxygen atoms in total. The monoisotopic (exact) mass is 442 g/mol. The molecule has 0 saturated heterocycles. The standard InChI is InChI=1S/C25H34N2O5/c1-4-31-25(30)13-12-23(28)27(17-20(2)3)19-24(29)26(18-22-11-8-16-32-22)15-14-21-9-6-5-7-10-21/h5-11,16,20H,4,12-15,17-19H2,1-3H3. The van der Waals surface area contributed by atoms with Crippen molar-refractivity contribution in [1.29, 1.82) is 0 Å². The molecule has 0 atom stereocenters. The molecular formula is C25H34N2O5. The van der Waals surface area contributed by atoms with Gasteiger partial charge in [0.2, 0.25) is 11.8 Å². The van der Waals surface area contributed by atoms with E-state index in [4.69, 9.17) is 9.15 Å². The first-order chi connectivity index (χ1) is 15.4. The van der Waals surface area contributed by atoms with Crippen LogP contribution in [0.15, 0.2) is 53.1 Å². The number of carbonyl (C=O) groups excluding carboxylic acids is 3. The molecule has 1 heterocycles. The summed E-state index contributed by atoms with van der Waals surface area (Å²) < 4.78 is 10.4. The second-order valence-corrected chi connectivity index (χ2v) is 8.10. The van der Waals surface area contributed by atoms with Crippen LogP contribution in [0.4, 0.5) is 0 Å². The Bertz CT molecular complexity index is 833. The van der Waals surface area contributed by atoms with Gasteiger partial charge in [-0.1, -0.05) is 44.2 Å². The van der Waals surface area contributed by atoms with E-state index in [1.54, 1.807) is 29.1 Å². The molecule has 0 bridgehead atoms. The van der Waals surface area contributed by atoms with Crippen molar-refractivity contribution < 1.29 is 23.5 Å². The maximum Gasteiger partial charge on any atom is 0.306 e. The van der Waals surface area contributed by atoms with Crippen molar-refractivity contribution in [3.05, 3.63) is 60.1 Å². The lowest BCUT2D eigenvalue weighted by Crippen LogP contribution is -2.44. The number of hydrogen-bond acceptors (Lipinski definition) is 5. The third-order valence-corrected chi connectivity index (χ3v) is 4.91. The van der Waals surface area contributed by atoms with Gasteiger partial charge in [-0.15, -0.1) is 0 Å². The zero-order valence-electron chi connectivity index (χ0n) is 19.3. The molecule has 0 unspecified atom stereocenters. The van der Waals surface area contributed by atoms with Crippen LogP contribution >= 0.6 is 0 Å². The fraction of sp³-hybridized carbons (Fsp3) is 0.480. The number of carbonyl (C=O) groups is 3. The average Bonchev–Trinajstić information content (AvgIpc) is 3.28. The van der Waals surface area contributed by atoms with Gasteiger partial charge in [-0.25, -0.2) is 0 Å². The second-order valence-electron chi connectivity index (χ2n) is 8.10. The van der Waals surface area contributed by atoms with Crippen LogP contribution in [0.1, 0.15) is 44.9 Å². The van der Waals surface area contributed by atoms with Gasteiger partial charge >= 0.3 is 5.97 Å². The number of rotatable bonds is 13. The summed E-state index contributed by atoms with van der Waals surface area (Å²) >= 11 is 0. The predicted molar refractivity (Wildman–Crippen MR) is 122 cm³/mol. The maximum atomic E-state index is 13.2.